The molecule has 1 fully saturated rings. The van der Waals surface area contributed by atoms with Gasteiger partial charge in [0.15, 0.2) is 0 Å². The molecule has 1 atom stereocenters. The average Bonchev–Trinajstić information content (AvgIpc) is 3.03. The van der Waals surface area contributed by atoms with Gasteiger partial charge in [-0.2, -0.15) is 0 Å². The maximum Gasteiger partial charge on any atom is 0.227 e. The normalized spacial score (nSPS) is 16.8. The molecule has 1 heterocycles. The average molecular weight is 350 g/mol. The molecule has 0 unspecified atom stereocenters. The highest BCUT2D eigenvalue weighted by molar-refractivity contribution is 6.00. The molecule has 136 valence electrons. The lowest BCUT2D eigenvalue weighted by molar-refractivity contribution is -0.126. The van der Waals surface area contributed by atoms with Crippen molar-refractivity contribution < 1.29 is 9.59 Å². The first-order valence-corrected chi connectivity index (χ1v) is 9.24. The van der Waals surface area contributed by atoms with E-state index in [1.807, 2.05) is 50.2 Å². The predicted molar refractivity (Wildman–Crippen MR) is 104 cm³/mol. The van der Waals surface area contributed by atoms with Crippen LogP contribution in [0.15, 0.2) is 48.5 Å². The quantitative estimate of drug-likeness (QED) is 0.812. The number of anilines is 1. The second-order valence-electron chi connectivity index (χ2n) is 7.00. The van der Waals surface area contributed by atoms with Crippen molar-refractivity contribution in [2.75, 3.05) is 18.0 Å². The molecule has 0 saturated carbocycles. The first kappa shape index (κ1) is 18.2. The van der Waals surface area contributed by atoms with Crippen LogP contribution in [0.25, 0.3) is 0 Å². The molecular weight excluding hydrogens is 324 g/mol. The Morgan fingerprint density at radius 2 is 1.88 bits per heavy atom. The summed E-state index contributed by atoms with van der Waals surface area (Å²) in [6.45, 7) is 5.17. The fourth-order valence-electron chi connectivity index (χ4n) is 3.44. The molecule has 2 aromatic rings. The first-order chi connectivity index (χ1) is 12.6. The Morgan fingerprint density at radius 3 is 2.65 bits per heavy atom. The number of carbonyl (C=O) groups excluding carboxylic acids is 2. The van der Waals surface area contributed by atoms with Crippen LogP contribution in [0.5, 0.6) is 0 Å². The molecule has 0 aliphatic carbocycles. The first-order valence-electron chi connectivity index (χ1n) is 9.24. The summed E-state index contributed by atoms with van der Waals surface area (Å²) < 4.78 is 0. The second-order valence-corrected chi connectivity index (χ2v) is 7.00. The van der Waals surface area contributed by atoms with Crippen LogP contribution < -0.4 is 10.2 Å². The van der Waals surface area contributed by atoms with E-state index in [9.17, 15) is 9.59 Å². The van der Waals surface area contributed by atoms with Gasteiger partial charge in [-0.3, -0.25) is 9.59 Å². The predicted octanol–water partition coefficient (Wildman–Crippen LogP) is 3.41. The van der Waals surface area contributed by atoms with E-state index in [2.05, 4.69) is 17.4 Å². The molecular formula is C22H26N2O2. The largest absolute Gasteiger partial charge is 0.356 e. The number of hydrogen-bond acceptors (Lipinski definition) is 2. The van der Waals surface area contributed by atoms with Crippen molar-refractivity contribution in [1.82, 2.24) is 5.32 Å². The summed E-state index contributed by atoms with van der Waals surface area (Å²) in [5.41, 5.74) is 4.46. The third-order valence-electron chi connectivity index (χ3n) is 5.15. The number of nitrogens with zero attached hydrogens (tertiary/aromatic N) is 1. The molecule has 0 radical (unpaired) electrons. The zero-order chi connectivity index (χ0) is 18.5. The summed E-state index contributed by atoms with van der Waals surface area (Å²) in [5.74, 6) is -0.249. The molecule has 1 aliphatic heterocycles. The van der Waals surface area contributed by atoms with Crippen LogP contribution in [0.2, 0.25) is 0 Å². The van der Waals surface area contributed by atoms with Gasteiger partial charge in [0.25, 0.3) is 0 Å². The van der Waals surface area contributed by atoms with Crippen LogP contribution in [-0.2, 0) is 16.0 Å². The van der Waals surface area contributed by atoms with Gasteiger partial charge in [0, 0.05) is 25.2 Å². The summed E-state index contributed by atoms with van der Waals surface area (Å²) in [4.78, 5) is 26.6. The maximum atomic E-state index is 12.4. The summed E-state index contributed by atoms with van der Waals surface area (Å²) in [7, 11) is 0. The lowest BCUT2D eigenvalue weighted by Gasteiger charge is -2.20. The number of amides is 2. The minimum Gasteiger partial charge on any atom is -0.356 e. The molecule has 1 N–H and O–H groups in total. The van der Waals surface area contributed by atoms with Crippen molar-refractivity contribution in [3.8, 4) is 0 Å². The van der Waals surface area contributed by atoms with Gasteiger partial charge in [-0.1, -0.05) is 42.5 Å². The van der Waals surface area contributed by atoms with Gasteiger partial charge >= 0.3 is 0 Å². The van der Waals surface area contributed by atoms with Gasteiger partial charge in [0.1, 0.15) is 0 Å². The minimum atomic E-state index is -0.265. The highest BCUT2D eigenvalue weighted by atomic mass is 16.2. The molecule has 26 heavy (non-hydrogen) atoms. The molecule has 4 heteroatoms. The van der Waals surface area contributed by atoms with Gasteiger partial charge in [0.05, 0.1) is 5.92 Å². The third kappa shape index (κ3) is 4.13. The Bertz CT molecular complexity index is 786. The Morgan fingerprint density at radius 1 is 1.12 bits per heavy atom. The number of benzene rings is 2. The summed E-state index contributed by atoms with van der Waals surface area (Å²) in [5, 5.41) is 3.00. The summed E-state index contributed by atoms with van der Waals surface area (Å²) in [6, 6.07) is 16.2. The molecule has 4 nitrogen and oxygen atoms in total. The SMILES string of the molecule is Cc1cccc(N2C[C@@H](C(=O)NCCCc3ccccc3)CC2=O)c1C. The number of rotatable bonds is 6. The number of aryl methyl sites for hydroxylation is 2. The van der Waals surface area contributed by atoms with Crippen LogP contribution in [0.3, 0.4) is 0 Å². The van der Waals surface area contributed by atoms with Crippen molar-refractivity contribution in [1.29, 1.82) is 0 Å². The maximum absolute atomic E-state index is 12.4. The van der Waals surface area contributed by atoms with E-state index in [-0.39, 0.29) is 24.2 Å². The van der Waals surface area contributed by atoms with Crippen molar-refractivity contribution >= 4 is 17.5 Å². The summed E-state index contributed by atoms with van der Waals surface area (Å²) >= 11 is 0. The van der Waals surface area contributed by atoms with Crippen LogP contribution in [0.4, 0.5) is 5.69 Å². The van der Waals surface area contributed by atoms with Crippen molar-refractivity contribution in [2.24, 2.45) is 5.92 Å². The molecule has 0 spiro atoms. The fraction of sp³-hybridized carbons (Fsp3) is 0.364. The fourth-order valence-corrected chi connectivity index (χ4v) is 3.44. The molecule has 0 aromatic heterocycles. The number of hydrogen-bond donors (Lipinski definition) is 1. The lowest BCUT2D eigenvalue weighted by atomic mass is 10.1. The smallest absolute Gasteiger partial charge is 0.227 e. The highest BCUT2D eigenvalue weighted by Gasteiger charge is 2.35. The van der Waals surface area contributed by atoms with E-state index >= 15 is 0 Å². The van der Waals surface area contributed by atoms with E-state index in [0.29, 0.717) is 13.1 Å². The zero-order valence-corrected chi connectivity index (χ0v) is 15.5. The molecule has 2 aromatic carbocycles. The van der Waals surface area contributed by atoms with E-state index in [1.165, 1.54) is 5.56 Å². The highest BCUT2D eigenvalue weighted by Crippen LogP contribution is 2.29. The van der Waals surface area contributed by atoms with Crippen molar-refractivity contribution in [3.63, 3.8) is 0 Å². The van der Waals surface area contributed by atoms with E-state index in [4.69, 9.17) is 0 Å². The Hall–Kier alpha value is -2.62. The number of carbonyl (C=O) groups is 2. The third-order valence-corrected chi connectivity index (χ3v) is 5.15. The minimum absolute atomic E-state index is 0.0146. The monoisotopic (exact) mass is 350 g/mol. The van der Waals surface area contributed by atoms with Crippen molar-refractivity contribution in [3.05, 3.63) is 65.2 Å². The van der Waals surface area contributed by atoms with Crippen molar-refractivity contribution in [2.45, 2.75) is 33.1 Å². The van der Waals surface area contributed by atoms with Crippen LogP contribution in [0, 0.1) is 19.8 Å². The van der Waals surface area contributed by atoms with E-state index < -0.39 is 0 Å². The standard InChI is InChI=1S/C22H26N2O2/c1-16-8-6-12-20(17(16)2)24-15-19(14-21(24)25)22(26)23-13-7-11-18-9-4-3-5-10-18/h3-6,8-10,12,19H,7,11,13-15H2,1-2H3,(H,23,26)/t19-/m0/s1. The second kappa shape index (κ2) is 8.17. The molecule has 0 bridgehead atoms. The van der Waals surface area contributed by atoms with E-state index in [0.717, 1.165) is 29.7 Å². The number of nitrogens with one attached hydrogen (secondary N) is 1. The van der Waals surface area contributed by atoms with Crippen LogP contribution in [-0.4, -0.2) is 24.9 Å². The molecule has 1 aliphatic rings. The van der Waals surface area contributed by atoms with Gasteiger partial charge < -0.3 is 10.2 Å². The molecule has 3 rings (SSSR count). The summed E-state index contributed by atoms with van der Waals surface area (Å²) in [6.07, 6.45) is 2.13. The Labute approximate surface area is 155 Å². The van der Waals surface area contributed by atoms with Crippen LogP contribution in [0.1, 0.15) is 29.5 Å². The van der Waals surface area contributed by atoms with Gasteiger partial charge in [-0.15, -0.1) is 0 Å². The van der Waals surface area contributed by atoms with Gasteiger partial charge in [0.2, 0.25) is 11.8 Å². The Kier molecular flexibility index (Phi) is 5.71. The van der Waals surface area contributed by atoms with Gasteiger partial charge in [-0.25, -0.2) is 0 Å². The van der Waals surface area contributed by atoms with E-state index in [1.54, 1.807) is 4.90 Å². The zero-order valence-electron chi connectivity index (χ0n) is 15.5. The molecule has 2 amide bonds. The Balaban J connectivity index is 1.51. The van der Waals surface area contributed by atoms with Crippen LogP contribution >= 0.6 is 0 Å². The topological polar surface area (TPSA) is 49.4 Å². The lowest BCUT2D eigenvalue weighted by Crippen LogP contribution is -2.33. The molecule has 1 saturated heterocycles. The van der Waals surface area contributed by atoms with Gasteiger partial charge in [-0.05, 0) is 49.4 Å².